The van der Waals surface area contributed by atoms with Gasteiger partial charge in [0.05, 0.1) is 5.71 Å². The first kappa shape index (κ1) is 18.7. The highest BCUT2D eigenvalue weighted by Gasteiger charge is 2.13. The van der Waals surface area contributed by atoms with E-state index in [0.29, 0.717) is 5.71 Å². The van der Waals surface area contributed by atoms with E-state index in [1.165, 1.54) is 16.7 Å². The molecule has 0 bridgehead atoms. The standard InChI is InChI=1S/C24H27N3/c1-4-26-21-11-6-18(7-12-21)24(20-10-15-23(25)17(3)16-20)19-8-13-22(14-9-19)27-5-2/h6-16,25-27H,4-5H2,1-3H3. The molecular formula is C24H27N3. The molecule has 0 heterocycles. The third kappa shape index (κ3) is 4.37. The fourth-order valence-corrected chi connectivity index (χ4v) is 3.24. The van der Waals surface area contributed by atoms with Gasteiger partial charge in [0.15, 0.2) is 0 Å². The Morgan fingerprint density at radius 3 is 1.67 bits per heavy atom. The molecule has 3 nitrogen and oxygen atoms in total. The van der Waals surface area contributed by atoms with Gasteiger partial charge in [-0.1, -0.05) is 30.3 Å². The number of benzene rings is 2. The first-order valence-corrected chi connectivity index (χ1v) is 9.50. The lowest BCUT2D eigenvalue weighted by Crippen LogP contribution is -2.02. The van der Waals surface area contributed by atoms with E-state index in [4.69, 9.17) is 5.41 Å². The number of rotatable bonds is 6. The van der Waals surface area contributed by atoms with E-state index in [2.05, 4.69) is 79.1 Å². The molecule has 3 N–H and O–H groups in total. The second-order valence-electron chi connectivity index (χ2n) is 6.62. The van der Waals surface area contributed by atoms with Crippen LogP contribution in [0.5, 0.6) is 0 Å². The zero-order valence-corrected chi connectivity index (χ0v) is 16.3. The third-order valence-corrected chi connectivity index (χ3v) is 4.62. The van der Waals surface area contributed by atoms with Crippen molar-refractivity contribution in [3.63, 3.8) is 0 Å². The van der Waals surface area contributed by atoms with Crippen LogP contribution in [-0.4, -0.2) is 18.8 Å². The van der Waals surface area contributed by atoms with Crippen LogP contribution in [0.4, 0.5) is 11.4 Å². The minimum atomic E-state index is 0.572. The minimum Gasteiger partial charge on any atom is -0.385 e. The lowest BCUT2D eigenvalue weighted by atomic mass is 9.89. The SMILES string of the molecule is CCNc1ccc(C(=C2C=CC(=N)C(C)=C2)c2ccc(NCC)cc2)cc1. The van der Waals surface area contributed by atoms with Crippen LogP contribution in [0.2, 0.25) is 0 Å². The Morgan fingerprint density at radius 2 is 1.26 bits per heavy atom. The van der Waals surface area contributed by atoms with Crippen LogP contribution in [0.15, 0.2) is 77.9 Å². The molecule has 3 rings (SSSR count). The van der Waals surface area contributed by atoms with Crippen molar-refractivity contribution >= 4 is 22.7 Å². The van der Waals surface area contributed by atoms with Crippen molar-refractivity contribution in [1.82, 2.24) is 0 Å². The molecule has 1 aliphatic rings. The van der Waals surface area contributed by atoms with Gasteiger partial charge in [-0.3, -0.25) is 0 Å². The minimum absolute atomic E-state index is 0.572. The molecule has 0 atom stereocenters. The first-order chi connectivity index (χ1) is 13.1. The van der Waals surface area contributed by atoms with Gasteiger partial charge in [-0.25, -0.2) is 0 Å². The van der Waals surface area contributed by atoms with Crippen molar-refractivity contribution in [2.45, 2.75) is 20.8 Å². The molecule has 0 saturated carbocycles. The molecule has 2 aromatic carbocycles. The summed E-state index contributed by atoms with van der Waals surface area (Å²) >= 11 is 0. The average molecular weight is 358 g/mol. The van der Waals surface area contributed by atoms with E-state index in [1.54, 1.807) is 0 Å². The quantitative estimate of drug-likeness (QED) is 0.604. The van der Waals surface area contributed by atoms with E-state index in [9.17, 15) is 0 Å². The maximum absolute atomic E-state index is 7.99. The van der Waals surface area contributed by atoms with Gasteiger partial charge in [-0.2, -0.15) is 0 Å². The molecular weight excluding hydrogens is 330 g/mol. The summed E-state index contributed by atoms with van der Waals surface area (Å²) < 4.78 is 0. The Morgan fingerprint density at radius 1 is 0.778 bits per heavy atom. The van der Waals surface area contributed by atoms with E-state index >= 15 is 0 Å². The van der Waals surface area contributed by atoms with Gasteiger partial charge < -0.3 is 16.0 Å². The van der Waals surface area contributed by atoms with Crippen LogP contribution in [0.3, 0.4) is 0 Å². The van der Waals surface area contributed by atoms with Gasteiger partial charge in [0.25, 0.3) is 0 Å². The van der Waals surface area contributed by atoms with Crippen molar-refractivity contribution < 1.29 is 0 Å². The smallest absolute Gasteiger partial charge is 0.0569 e. The molecule has 0 unspecified atom stereocenters. The normalized spacial score (nSPS) is 13.4. The molecule has 0 radical (unpaired) electrons. The molecule has 1 aliphatic carbocycles. The predicted octanol–water partition coefficient (Wildman–Crippen LogP) is 5.89. The van der Waals surface area contributed by atoms with Crippen molar-refractivity contribution in [2.75, 3.05) is 23.7 Å². The van der Waals surface area contributed by atoms with Crippen molar-refractivity contribution in [3.8, 4) is 0 Å². The summed E-state index contributed by atoms with van der Waals surface area (Å²) in [5, 5.41) is 14.7. The van der Waals surface area contributed by atoms with Crippen LogP contribution in [0.1, 0.15) is 31.9 Å². The molecule has 0 amide bonds. The van der Waals surface area contributed by atoms with E-state index in [-0.39, 0.29) is 0 Å². The van der Waals surface area contributed by atoms with Gasteiger partial charge in [-0.15, -0.1) is 0 Å². The average Bonchev–Trinajstić information content (AvgIpc) is 2.68. The van der Waals surface area contributed by atoms with Gasteiger partial charge in [0.1, 0.15) is 0 Å². The monoisotopic (exact) mass is 357 g/mol. The second-order valence-corrected chi connectivity index (χ2v) is 6.62. The molecule has 0 spiro atoms. The van der Waals surface area contributed by atoms with E-state index in [1.807, 2.05) is 19.1 Å². The van der Waals surface area contributed by atoms with Gasteiger partial charge >= 0.3 is 0 Å². The Bertz CT molecular complexity index is 846. The molecule has 0 fully saturated rings. The maximum Gasteiger partial charge on any atom is 0.0569 e. The zero-order chi connectivity index (χ0) is 19.2. The van der Waals surface area contributed by atoms with Crippen LogP contribution in [0.25, 0.3) is 5.57 Å². The lowest BCUT2D eigenvalue weighted by Gasteiger charge is -2.16. The van der Waals surface area contributed by atoms with Gasteiger partial charge in [0, 0.05) is 24.5 Å². The molecule has 27 heavy (non-hydrogen) atoms. The molecule has 3 heteroatoms. The van der Waals surface area contributed by atoms with Crippen molar-refractivity contribution in [2.24, 2.45) is 0 Å². The Balaban J connectivity index is 2.09. The fraction of sp³-hybridized carbons (Fsp3) is 0.208. The summed E-state index contributed by atoms with van der Waals surface area (Å²) in [7, 11) is 0. The molecule has 0 aliphatic heterocycles. The molecule has 0 aromatic heterocycles. The lowest BCUT2D eigenvalue weighted by molar-refractivity contribution is 1.21. The Hall–Kier alpha value is -3.07. The second kappa shape index (κ2) is 8.54. The predicted molar refractivity (Wildman–Crippen MR) is 118 cm³/mol. The van der Waals surface area contributed by atoms with Crippen LogP contribution < -0.4 is 10.6 Å². The Labute approximate surface area is 162 Å². The van der Waals surface area contributed by atoms with E-state index < -0.39 is 0 Å². The van der Waals surface area contributed by atoms with E-state index in [0.717, 1.165) is 35.6 Å². The highest BCUT2D eigenvalue weighted by Crippen LogP contribution is 2.32. The number of hydrogen-bond donors (Lipinski definition) is 3. The number of hydrogen-bond acceptors (Lipinski definition) is 3. The summed E-state index contributed by atoms with van der Waals surface area (Å²) in [4.78, 5) is 0. The molecule has 138 valence electrons. The highest BCUT2D eigenvalue weighted by atomic mass is 14.9. The zero-order valence-electron chi connectivity index (χ0n) is 16.3. The summed E-state index contributed by atoms with van der Waals surface area (Å²) in [6.07, 6.45) is 6.03. The summed E-state index contributed by atoms with van der Waals surface area (Å²) in [5.41, 5.74) is 8.47. The Kier molecular flexibility index (Phi) is 5.92. The molecule has 2 aromatic rings. The topological polar surface area (TPSA) is 47.9 Å². The maximum atomic E-state index is 7.99. The van der Waals surface area contributed by atoms with Gasteiger partial charge in [-0.05, 0) is 85.0 Å². The molecule has 0 saturated heterocycles. The van der Waals surface area contributed by atoms with Crippen LogP contribution in [0, 0.1) is 5.41 Å². The highest BCUT2D eigenvalue weighted by molar-refractivity contribution is 6.08. The largest absolute Gasteiger partial charge is 0.385 e. The summed E-state index contributed by atoms with van der Waals surface area (Å²) in [6, 6.07) is 17.1. The number of anilines is 2. The number of allylic oxidation sites excluding steroid dienone is 5. The van der Waals surface area contributed by atoms with Crippen molar-refractivity contribution in [3.05, 3.63) is 89.0 Å². The summed E-state index contributed by atoms with van der Waals surface area (Å²) in [5.74, 6) is 0. The third-order valence-electron chi connectivity index (χ3n) is 4.62. The fourth-order valence-electron chi connectivity index (χ4n) is 3.24. The van der Waals surface area contributed by atoms with Crippen LogP contribution in [-0.2, 0) is 0 Å². The summed E-state index contributed by atoms with van der Waals surface area (Å²) in [6.45, 7) is 8.01. The number of nitrogens with one attached hydrogen (secondary N) is 3. The van der Waals surface area contributed by atoms with Crippen molar-refractivity contribution in [1.29, 1.82) is 5.41 Å². The van der Waals surface area contributed by atoms with Gasteiger partial charge in [0.2, 0.25) is 0 Å². The first-order valence-electron chi connectivity index (χ1n) is 9.50. The van der Waals surface area contributed by atoms with Crippen LogP contribution >= 0.6 is 0 Å².